The van der Waals surface area contributed by atoms with E-state index < -0.39 is 122 Å². The fourth-order valence-corrected chi connectivity index (χ4v) is 5.16. The molecule has 2 aliphatic rings. The molecule has 0 spiro atoms. The van der Waals surface area contributed by atoms with Crippen LogP contribution in [-0.4, -0.2) is 122 Å². The molecule has 2 saturated heterocycles. The molecule has 18 nitrogen and oxygen atoms in total. The first-order chi connectivity index (χ1) is 21.9. The lowest BCUT2D eigenvalue weighted by Crippen LogP contribution is -2.67. The minimum Gasteiger partial charge on any atom is -0.463 e. The van der Waals surface area contributed by atoms with Crippen LogP contribution in [0, 0.1) is 0 Å². The second-order valence-corrected chi connectivity index (χ2v) is 11.0. The van der Waals surface area contributed by atoms with E-state index in [2.05, 4.69) is 0 Å². The summed E-state index contributed by atoms with van der Waals surface area (Å²) < 4.78 is 56.2. The molecular formula is C29H43NO17. The highest BCUT2D eigenvalue weighted by Gasteiger charge is 2.57. The molecule has 11 atom stereocenters. The van der Waals surface area contributed by atoms with Crippen molar-refractivity contribution >= 4 is 41.8 Å². The van der Waals surface area contributed by atoms with Crippen molar-refractivity contribution in [2.75, 3.05) is 13.2 Å². The SMILES string of the molecule is CC(=O)OC[C@H]1O[C@@H](O[C@H]2[C@H](OC(C)=O)[C@@H](OC(C)=O)[C@H](CC(C)N)O[C@@H]2COC(C)=O)[C@H](OC(C)=O)[C@@H](OC(C)=O)[C@H]1OC(C)=O. The van der Waals surface area contributed by atoms with Gasteiger partial charge in [-0.15, -0.1) is 0 Å². The van der Waals surface area contributed by atoms with Crippen molar-refractivity contribution in [3.05, 3.63) is 0 Å². The van der Waals surface area contributed by atoms with Crippen LogP contribution in [0.1, 0.15) is 61.8 Å². The van der Waals surface area contributed by atoms with Crippen LogP contribution < -0.4 is 5.73 Å². The highest BCUT2D eigenvalue weighted by atomic mass is 16.8. The van der Waals surface area contributed by atoms with E-state index in [0.29, 0.717) is 0 Å². The summed E-state index contributed by atoms with van der Waals surface area (Å²) in [6.07, 6.45) is -14.2. The van der Waals surface area contributed by atoms with Crippen LogP contribution in [-0.2, 0) is 80.9 Å². The molecule has 0 radical (unpaired) electrons. The predicted octanol–water partition coefficient (Wildman–Crippen LogP) is -0.614. The topological polar surface area (TPSA) is 238 Å². The Morgan fingerprint density at radius 1 is 0.511 bits per heavy atom. The van der Waals surface area contributed by atoms with Gasteiger partial charge in [0.2, 0.25) is 0 Å². The third kappa shape index (κ3) is 12.3. The molecule has 2 rings (SSSR count). The highest BCUT2D eigenvalue weighted by molar-refractivity contribution is 5.69. The van der Waals surface area contributed by atoms with E-state index in [1.807, 2.05) is 0 Å². The molecule has 18 heteroatoms. The number of hydrogen-bond acceptors (Lipinski definition) is 18. The standard InChI is InChI=1S/C29H43NO17/c1-12(30)9-20-23(40-15(4)33)26(42-17(6)35)25(21(45-20)10-38-13(2)31)47-29-28(44-19(8)37)27(43-18(7)36)24(41-16(5)34)22(46-29)11-39-14(3)32/h12,20-29H,9-11,30H2,1-8H3/t12?,20-,21+,22+,23-,24-,25+,26+,27-,28+,29-/m0/s1. The first kappa shape index (κ1) is 39.3. The number of carbonyl (C=O) groups excluding carboxylic acids is 7. The fourth-order valence-electron chi connectivity index (χ4n) is 5.16. The molecule has 2 heterocycles. The summed E-state index contributed by atoms with van der Waals surface area (Å²) in [4.78, 5) is 84.7. The molecule has 2 aliphatic heterocycles. The van der Waals surface area contributed by atoms with Crippen molar-refractivity contribution in [3.63, 3.8) is 0 Å². The normalized spacial score (nSPS) is 30.9. The van der Waals surface area contributed by atoms with Crippen LogP contribution >= 0.6 is 0 Å². The maximum atomic E-state index is 12.4. The summed E-state index contributed by atoms with van der Waals surface area (Å²) in [5.41, 5.74) is 6.02. The molecule has 266 valence electrons. The zero-order chi connectivity index (χ0) is 35.6. The molecule has 0 amide bonds. The lowest BCUT2D eigenvalue weighted by Gasteiger charge is -2.49. The minimum atomic E-state index is -1.75. The van der Waals surface area contributed by atoms with Crippen LogP contribution in [0.15, 0.2) is 0 Å². The number of hydrogen-bond donors (Lipinski definition) is 1. The Bertz CT molecular complexity index is 1160. The largest absolute Gasteiger partial charge is 0.463 e. The zero-order valence-electron chi connectivity index (χ0n) is 27.5. The van der Waals surface area contributed by atoms with Gasteiger partial charge in [-0.25, -0.2) is 0 Å². The Morgan fingerprint density at radius 3 is 1.28 bits per heavy atom. The van der Waals surface area contributed by atoms with Crippen molar-refractivity contribution in [1.29, 1.82) is 0 Å². The van der Waals surface area contributed by atoms with Gasteiger partial charge in [0.25, 0.3) is 0 Å². The molecule has 0 aliphatic carbocycles. The summed E-state index contributed by atoms with van der Waals surface area (Å²) in [6.45, 7) is 8.26. The first-order valence-corrected chi connectivity index (χ1v) is 14.7. The zero-order valence-corrected chi connectivity index (χ0v) is 27.5. The highest BCUT2D eigenvalue weighted by Crippen LogP contribution is 2.36. The number of carbonyl (C=O) groups is 7. The van der Waals surface area contributed by atoms with Gasteiger partial charge in [-0.1, -0.05) is 0 Å². The van der Waals surface area contributed by atoms with Gasteiger partial charge >= 0.3 is 41.8 Å². The van der Waals surface area contributed by atoms with Crippen molar-refractivity contribution in [2.24, 2.45) is 5.73 Å². The second kappa shape index (κ2) is 17.9. The molecule has 2 N–H and O–H groups in total. The Morgan fingerprint density at radius 2 is 0.872 bits per heavy atom. The van der Waals surface area contributed by atoms with Gasteiger partial charge in [-0.3, -0.25) is 33.6 Å². The number of nitrogens with two attached hydrogens (primary N) is 1. The van der Waals surface area contributed by atoms with Crippen LogP contribution in [0.5, 0.6) is 0 Å². The first-order valence-electron chi connectivity index (χ1n) is 14.7. The molecule has 47 heavy (non-hydrogen) atoms. The van der Waals surface area contributed by atoms with E-state index in [4.69, 9.17) is 53.1 Å². The van der Waals surface area contributed by atoms with E-state index in [1.165, 1.54) is 0 Å². The molecule has 0 aromatic rings. The van der Waals surface area contributed by atoms with Gasteiger partial charge in [-0.2, -0.15) is 0 Å². The smallest absolute Gasteiger partial charge is 0.303 e. The lowest BCUT2D eigenvalue weighted by molar-refractivity contribution is -0.345. The van der Waals surface area contributed by atoms with Gasteiger partial charge in [0.1, 0.15) is 37.6 Å². The molecule has 1 unspecified atom stereocenters. The number of esters is 7. The summed E-state index contributed by atoms with van der Waals surface area (Å²) >= 11 is 0. The average molecular weight is 678 g/mol. The Balaban J connectivity index is 2.72. The summed E-state index contributed by atoms with van der Waals surface area (Å²) in [6, 6.07) is -0.498. The van der Waals surface area contributed by atoms with Crippen LogP contribution in [0.4, 0.5) is 0 Å². The third-order valence-corrected chi connectivity index (χ3v) is 6.63. The van der Waals surface area contributed by atoms with E-state index in [1.54, 1.807) is 6.92 Å². The van der Waals surface area contributed by atoms with E-state index in [-0.39, 0.29) is 6.42 Å². The van der Waals surface area contributed by atoms with Crippen molar-refractivity contribution in [1.82, 2.24) is 0 Å². The Hall–Kier alpha value is -3.87. The Labute approximate surface area is 271 Å². The molecule has 0 saturated carbocycles. The predicted molar refractivity (Wildman–Crippen MR) is 151 cm³/mol. The van der Waals surface area contributed by atoms with Crippen molar-refractivity contribution < 1.29 is 80.9 Å². The Kier molecular flexibility index (Phi) is 15.0. The third-order valence-electron chi connectivity index (χ3n) is 6.63. The fraction of sp³-hybridized carbons (Fsp3) is 0.759. The minimum absolute atomic E-state index is 0.0953. The van der Waals surface area contributed by atoms with Gasteiger partial charge in [0.05, 0.1) is 0 Å². The van der Waals surface area contributed by atoms with Crippen LogP contribution in [0.25, 0.3) is 0 Å². The van der Waals surface area contributed by atoms with Gasteiger partial charge in [0, 0.05) is 54.5 Å². The maximum absolute atomic E-state index is 12.4. The molecule has 2 fully saturated rings. The summed E-state index contributed by atoms with van der Waals surface area (Å²) in [7, 11) is 0. The monoisotopic (exact) mass is 677 g/mol. The quantitative estimate of drug-likeness (QED) is 0.189. The maximum Gasteiger partial charge on any atom is 0.303 e. The number of rotatable bonds is 13. The second-order valence-electron chi connectivity index (χ2n) is 11.0. The van der Waals surface area contributed by atoms with Crippen molar-refractivity contribution in [2.45, 2.75) is 129 Å². The van der Waals surface area contributed by atoms with E-state index >= 15 is 0 Å². The number of ether oxygens (including phenoxy) is 10. The van der Waals surface area contributed by atoms with Gasteiger partial charge in [-0.05, 0) is 13.3 Å². The average Bonchev–Trinajstić information content (AvgIpc) is 2.91. The van der Waals surface area contributed by atoms with Gasteiger partial charge in [0.15, 0.2) is 36.8 Å². The lowest BCUT2D eigenvalue weighted by atomic mass is 9.91. The molecule has 0 aromatic heterocycles. The van der Waals surface area contributed by atoms with Gasteiger partial charge < -0.3 is 53.1 Å². The molecule has 0 aromatic carbocycles. The van der Waals surface area contributed by atoms with Crippen LogP contribution in [0.3, 0.4) is 0 Å². The van der Waals surface area contributed by atoms with Crippen LogP contribution in [0.2, 0.25) is 0 Å². The molecular weight excluding hydrogens is 634 g/mol. The summed E-state index contributed by atoms with van der Waals surface area (Å²) in [5, 5.41) is 0. The molecule has 0 bridgehead atoms. The van der Waals surface area contributed by atoms with E-state index in [0.717, 1.165) is 48.5 Å². The van der Waals surface area contributed by atoms with Crippen molar-refractivity contribution in [3.8, 4) is 0 Å². The van der Waals surface area contributed by atoms with E-state index in [9.17, 15) is 33.6 Å². The summed E-state index contributed by atoms with van der Waals surface area (Å²) in [5.74, 6) is -5.64.